The molecule has 0 spiro atoms. The van der Waals surface area contributed by atoms with Gasteiger partial charge in [0.05, 0.1) is 0 Å². The summed E-state index contributed by atoms with van der Waals surface area (Å²) in [5.41, 5.74) is 0. The van der Waals surface area contributed by atoms with Crippen LogP contribution in [0.15, 0.2) is 0 Å². The van der Waals surface area contributed by atoms with Crippen molar-refractivity contribution in [2.24, 2.45) is 5.92 Å². The van der Waals surface area contributed by atoms with E-state index in [1.165, 1.54) is 0 Å². The van der Waals surface area contributed by atoms with E-state index in [4.69, 9.17) is 0 Å². The van der Waals surface area contributed by atoms with Crippen LogP contribution in [0, 0.1) is 5.92 Å². The normalized spacial score (nSPS) is 31.9. The van der Waals surface area contributed by atoms with Gasteiger partial charge < -0.3 is 4.90 Å². The molecule has 5 heteroatoms. The van der Waals surface area contributed by atoms with Crippen molar-refractivity contribution in [3.8, 4) is 0 Å². The molecule has 2 saturated heterocycles. The number of piperazine rings is 1. The van der Waals surface area contributed by atoms with E-state index in [9.17, 15) is 14.8 Å². The number of rotatable bonds is 2. The number of hydrogen-bond acceptors (Lipinski definition) is 3. The smallest absolute Gasteiger partial charge is 0.269 e. The Morgan fingerprint density at radius 3 is 2.75 bits per heavy atom. The summed E-state index contributed by atoms with van der Waals surface area (Å²) in [6.07, 6.45) is 2.29. The number of fused-ring (bicyclic) bond motifs is 1. The van der Waals surface area contributed by atoms with Crippen molar-refractivity contribution in [1.29, 1.82) is 0 Å². The van der Waals surface area contributed by atoms with Gasteiger partial charge in [-0.25, -0.2) is 5.06 Å². The van der Waals surface area contributed by atoms with Crippen molar-refractivity contribution in [2.75, 3.05) is 6.54 Å². The molecule has 2 heterocycles. The molecule has 0 aliphatic carbocycles. The summed E-state index contributed by atoms with van der Waals surface area (Å²) >= 11 is 0. The molecule has 0 bridgehead atoms. The lowest BCUT2D eigenvalue weighted by Crippen LogP contribution is -2.63. The third kappa shape index (κ3) is 1.50. The number of hydroxylamine groups is 2. The lowest BCUT2D eigenvalue weighted by Gasteiger charge is -2.40. The minimum atomic E-state index is -0.688. The molecule has 2 aliphatic rings. The molecule has 90 valence electrons. The van der Waals surface area contributed by atoms with Crippen molar-refractivity contribution in [1.82, 2.24) is 9.96 Å². The molecule has 1 N–H and O–H groups in total. The van der Waals surface area contributed by atoms with Crippen LogP contribution in [0.1, 0.15) is 33.1 Å². The van der Waals surface area contributed by atoms with Crippen molar-refractivity contribution < 1.29 is 14.8 Å². The van der Waals surface area contributed by atoms with Crippen LogP contribution in [0.25, 0.3) is 0 Å². The predicted molar refractivity (Wildman–Crippen MR) is 56.6 cm³/mol. The summed E-state index contributed by atoms with van der Waals surface area (Å²) in [5.74, 6) is -0.427. The van der Waals surface area contributed by atoms with E-state index in [2.05, 4.69) is 0 Å². The molecule has 2 amide bonds. The molecular weight excluding hydrogens is 208 g/mol. The zero-order valence-electron chi connectivity index (χ0n) is 9.72. The summed E-state index contributed by atoms with van der Waals surface area (Å²) in [5, 5.41) is 10.5. The molecule has 0 radical (unpaired) electrons. The topological polar surface area (TPSA) is 60.9 Å². The first kappa shape index (κ1) is 11.4. The number of carbonyl (C=O) groups is 2. The van der Waals surface area contributed by atoms with Gasteiger partial charge in [0.1, 0.15) is 12.1 Å². The maximum Gasteiger partial charge on any atom is 0.269 e. The van der Waals surface area contributed by atoms with Crippen LogP contribution in [0.3, 0.4) is 0 Å². The van der Waals surface area contributed by atoms with Crippen molar-refractivity contribution in [2.45, 2.75) is 45.2 Å². The molecule has 2 fully saturated rings. The van der Waals surface area contributed by atoms with Gasteiger partial charge in [-0.2, -0.15) is 0 Å². The van der Waals surface area contributed by atoms with Gasteiger partial charge in [-0.05, 0) is 18.8 Å². The van der Waals surface area contributed by atoms with Gasteiger partial charge in [0.2, 0.25) is 5.91 Å². The van der Waals surface area contributed by atoms with Crippen LogP contribution in [-0.2, 0) is 9.59 Å². The van der Waals surface area contributed by atoms with Crippen molar-refractivity contribution in [3.63, 3.8) is 0 Å². The van der Waals surface area contributed by atoms with Gasteiger partial charge >= 0.3 is 0 Å². The highest BCUT2D eigenvalue weighted by atomic mass is 16.5. The fourth-order valence-corrected chi connectivity index (χ4v) is 2.56. The highest BCUT2D eigenvalue weighted by Crippen LogP contribution is 2.29. The standard InChI is InChI=1S/C11H18N2O3/c1-3-7(2)9-11(15)12-6-4-5-8(12)10(14)13(9)16/h7-9,16H,3-6H2,1-2H3/t7-,8-,9+/m0/s1. The Kier molecular flexibility index (Phi) is 2.88. The molecule has 0 aromatic heterocycles. The van der Waals surface area contributed by atoms with E-state index in [0.29, 0.717) is 18.0 Å². The van der Waals surface area contributed by atoms with Crippen LogP contribution >= 0.6 is 0 Å². The molecule has 0 saturated carbocycles. The zero-order chi connectivity index (χ0) is 11.9. The number of nitrogens with zero attached hydrogens (tertiary/aromatic N) is 2. The summed E-state index contributed by atoms with van der Waals surface area (Å²) in [4.78, 5) is 25.6. The van der Waals surface area contributed by atoms with Crippen LogP contribution < -0.4 is 0 Å². The second-order valence-corrected chi connectivity index (χ2v) is 4.70. The van der Waals surface area contributed by atoms with Gasteiger partial charge in [-0.3, -0.25) is 14.8 Å². The quantitative estimate of drug-likeness (QED) is 0.702. The van der Waals surface area contributed by atoms with Crippen LogP contribution in [-0.4, -0.2) is 45.6 Å². The fourth-order valence-electron chi connectivity index (χ4n) is 2.56. The van der Waals surface area contributed by atoms with E-state index >= 15 is 0 Å². The van der Waals surface area contributed by atoms with Gasteiger partial charge in [0.25, 0.3) is 5.91 Å². The molecule has 5 nitrogen and oxygen atoms in total. The highest BCUT2D eigenvalue weighted by Gasteiger charge is 2.49. The molecule has 3 atom stereocenters. The second kappa shape index (κ2) is 4.05. The Morgan fingerprint density at radius 2 is 2.12 bits per heavy atom. The van der Waals surface area contributed by atoms with Gasteiger partial charge in [0, 0.05) is 6.54 Å². The van der Waals surface area contributed by atoms with Gasteiger partial charge in [0.15, 0.2) is 0 Å². The monoisotopic (exact) mass is 226 g/mol. The number of hydrogen-bond donors (Lipinski definition) is 1. The van der Waals surface area contributed by atoms with Crippen molar-refractivity contribution in [3.05, 3.63) is 0 Å². The maximum absolute atomic E-state index is 12.1. The van der Waals surface area contributed by atoms with Crippen molar-refractivity contribution >= 4 is 11.8 Å². The Bertz CT molecular complexity index is 318. The first-order valence-corrected chi connectivity index (χ1v) is 5.90. The third-order valence-corrected chi connectivity index (χ3v) is 3.75. The molecule has 16 heavy (non-hydrogen) atoms. The summed E-state index contributed by atoms with van der Waals surface area (Å²) in [7, 11) is 0. The molecule has 2 aliphatic heterocycles. The van der Waals surface area contributed by atoms with Gasteiger partial charge in [-0.15, -0.1) is 0 Å². The van der Waals surface area contributed by atoms with E-state index in [1.807, 2.05) is 13.8 Å². The molecular formula is C11H18N2O3. The summed E-state index contributed by atoms with van der Waals surface area (Å²) in [6, 6.07) is -1.11. The summed E-state index contributed by atoms with van der Waals surface area (Å²) < 4.78 is 0. The Morgan fingerprint density at radius 1 is 1.44 bits per heavy atom. The van der Waals surface area contributed by atoms with Gasteiger partial charge in [-0.1, -0.05) is 20.3 Å². The first-order chi connectivity index (χ1) is 7.57. The predicted octanol–water partition coefficient (Wildman–Crippen LogP) is 0.623. The van der Waals surface area contributed by atoms with E-state index < -0.39 is 12.1 Å². The van der Waals surface area contributed by atoms with E-state index in [0.717, 1.165) is 12.8 Å². The van der Waals surface area contributed by atoms with E-state index in [-0.39, 0.29) is 17.7 Å². The van der Waals surface area contributed by atoms with Crippen LogP contribution in [0.2, 0.25) is 0 Å². The second-order valence-electron chi connectivity index (χ2n) is 4.70. The molecule has 0 unspecified atom stereocenters. The lowest BCUT2D eigenvalue weighted by atomic mass is 9.94. The number of carbonyl (C=O) groups excluding carboxylic acids is 2. The zero-order valence-corrected chi connectivity index (χ0v) is 9.72. The third-order valence-electron chi connectivity index (χ3n) is 3.75. The van der Waals surface area contributed by atoms with Crippen LogP contribution in [0.5, 0.6) is 0 Å². The Hall–Kier alpha value is -1.10. The fraction of sp³-hybridized carbons (Fsp3) is 0.818. The SMILES string of the molecule is CC[C@H](C)[C@@H]1C(=O)N2CCC[C@H]2C(=O)N1O. The average Bonchev–Trinajstić information content (AvgIpc) is 2.75. The van der Waals surface area contributed by atoms with Crippen LogP contribution in [0.4, 0.5) is 0 Å². The number of amides is 2. The first-order valence-electron chi connectivity index (χ1n) is 5.90. The minimum Gasteiger partial charge on any atom is -0.329 e. The molecule has 0 aromatic rings. The molecule has 2 rings (SSSR count). The lowest BCUT2D eigenvalue weighted by molar-refractivity contribution is -0.202. The Labute approximate surface area is 95.0 Å². The Balaban J connectivity index is 2.26. The minimum absolute atomic E-state index is 0.0111. The van der Waals surface area contributed by atoms with E-state index in [1.54, 1.807) is 4.90 Å². The average molecular weight is 226 g/mol. The maximum atomic E-state index is 12.1. The largest absolute Gasteiger partial charge is 0.329 e. The molecule has 0 aromatic carbocycles. The highest BCUT2D eigenvalue weighted by molar-refractivity contribution is 5.96. The summed E-state index contributed by atoms with van der Waals surface area (Å²) in [6.45, 7) is 4.48.